The molecule has 2 aliphatic heterocycles. The van der Waals surface area contributed by atoms with Crippen LogP contribution in [0.2, 0.25) is 0 Å². The highest BCUT2D eigenvalue weighted by atomic mass is 16.2. The number of amides is 3. The molecule has 0 atom stereocenters. The third-order valence-corrected chi connectivity index (χ3v) is 5.19. The summed E-state index contributed by atoms with van der Waals surface area (Å²) in [4.78, 5) is 28.2. The maximum absolute atomic E-state index is 12.2. The molecule has 0 bridgehead atoms. The minimum atomic E-state index is -0.385. The number of rotatable bonds is 1. The van der Waals surface area contributed by atoms with Gasteiger partial charge in [0.15, 0.2) is 0 Å². The maximum atomic E-state index is 12.2. The van der Waals surface area contributed by atoms with E-state index < -0.39 is 0 Å². The number of carbonyl (C=O) groups excluding carboxylic acids is 2. The van der Waals surface area contributed by atoms with E-state index in [9.17, 15) is 9.59 Å². The van der Waals surface area contributed by atoms with Gasteiger partial charge in [0.05, 0.1) is 6.67 Å². The Hall–Kier alpha value is -1.30. The molecule has 2 saturated heterocycles. The van der Waals surface area contributed by atoms with Crippen molar-refractivity contribution in [2.45, 2.75) is 50.1 Å². The molecule has 2 N–H and O–H groups in total. The van der Waals surface area contributed by atoms with Gasteiger partial charge in [0, 0.05) is 19.1 Å². The van der Waals surface area contributed by atoms with E-state index in [2.05, 4.69) is 15.5 Å². The van der Waals surface area contributed by atoms with Gasteiger partial charge in [-0.05, 0) is 32.7 Å². The van der Waals surface area contributed by atoms with Crippen LogP contribution in [-0.2, 0) is 4.79 Å². The maximum Gasteiger partial charge on any atom is 0.317 e. The summed E-state index contributed by atoms with van der Waals surface area (Å²) in [6, 6.07) is 0.406. The number of likely N-dealkylation sites (N-methyl/N-ethyl adjacent to an activating group) is 1. The second kappa shape index (κ2) is 5.24. The summed E-state index contributed by atoms with van der Waals surface area (Å²) in [5.41, 5.74) is -0.385. The average Bonchev–Trinajstić information content (AvgIpc) is 3.05. The van der Waals surface area contributed by atoms with Crippen molar-refractivity contribution in [3.05, 3.63) is 0 Å². The summed E-state index contributed by atoms with van der Waals surface area (Å²) in [6.45, 7) is 1.94. The molecule has 3 amide bonds. The lowest BCUT2D eigenvalue weighted by Gasteiger charge is -2.41. The molecular weight excluding hydrogens is 256 g/mol. The molecule has 2 heterocycles. The highest BCUT2D eigenvalue weighted by Gasteiger charge is 2.48. The normalized spacial score (nSPS) is 27.1. The Morgan fingerprint density at radius 1 is 1.30 bits per heavy atom. The lowest BCUT2D eigenvalue weighted by Crippen LogP contribution is -2.57. The molecule has 6 nitrogen and oxygen atoms in total. The monoisotopic (exact) mass is 280 g/mol. The van der Waals surface area contributed by atoms with Crippen LogP contribution >= 0.6 is 0 Å². The number of urea groups is 1. The Labute approximate surface area is 119 Å². The molecule has 6 heteroatoms. The van der Waals surface area contributed by atoms with Crippen LogP contribution in [-0.4, -0.2) is 60.1 Å². The van der Waals surface area contributed by atoms with Gasteiger partial charge in [0.1, 0.15) is 5.54 Å². The fraction of sp³-hybridized carbons (Fsp3) is 0.857. The standard InChI is InChI=1S/C14H24N4O2/c1-17-10-15-12(19)14(17)6-8-18(9-7-14)13(20)16-11-4-2-3-5-11/h11H,2-10H2,1H3,(H,15,19)(H,16,20). The van der Waals surface area contributed by atoms with Gasteiger partial charge in [0.2, 0.25) is 5.91 Å². The largest absolute Gasteiger partial charge is 0.342 e. The third-order valence-electron chi connectivity index (χ3n) is 5.19. The van der Waals surface area contributed by atoms with Crippen molar-refractivity contribution in [1.82, 2.24) is 20.4 Å². The zero-order valence-electron chi connectivity index (χ0n) is 12.2. The van der Waals surface area contributed by atoms with Crippen LogP contribution < -0.4 is 10.6 Å². The van der Waals surface area contributed by atoms with E-state index in [-0.39, 0.29) is 17.5 Å². The van der Waals surface area contributed by atoms with E-state index in [1.54, 1.807) is 0 Å². The molecule has 0 radical (unpaired) electrons. The summed E-state index contributed by atoms with van der Waals surface area (Å²) >= 11 is 0. The Morgan fingerprint density at radius 3 is 2.50 bits per heavy atom. The lowest BCUT2D eigenvalue weighted by atomic mass is 9.86. The molecule has 0 aromatic carbocycles. The summed E-state index contributed by atoms with van der Waals surface area (Å²) in [6.07, 6.45) is 6.11. The number of hydrogen-bond acceptors (Lipinski definition) is 3. The summed E-state index contributed by atoms with van der Waals surface area (Å²) < 4.78 is 0. The first-order valence-corrected chi connectivity index (χ1v) is 7.67. The molecule has 112 valence electrons. The number of piperidine rings is 1. The van der Waals surface area contributed by atoms with Crippen LogP contribution in [0.15, 0.2) is 0 Å². The topological polar surface area (TPSA) is 64.7 Å². The first-order valence-electron chi connectivity index (χ1n) is 7.67. The smallest absolute Gasteiger partial charge is 0.317 e. The van der Waals surface area contributed by atoms with E-state index in [0.717, 1.165) is 25.7 Å². The molecule has 0 unspecified atom stereocenters. The molecule has 20 heavy (non-hydrogen) atoms. The Kier molecular flexibility index (Phi) is 3.58. The van der Waals surface area contributed by atoms with Gasteiger partial charge in [-0.15, -0.1) is 0 Å². The van der Waals surface area contributed by atoms with Gasteiger partial charge < -0.3 is 15.5 Å². The van der Waals surface area contributed by atoms with Crippen molar-refractivity contribution < 1.29 is 9.59 Å². The fourth-order valence-corrected chi connectivity index (χ4v) is 3.70. The van der Waals surface area contributed by atoms with Crippen LogP contribution in [0.4, 0.5) is 4.79 Å². The predicted molar refractivity (Wildman–Crippen MR) is 75.1 cm³/mol. The van der Waals surface area contributed by atoms with Gasteiger partial charge in [-0.25, -0.2) is 4.79 Å². The van der Waals surface area contributed by atoms with Crippen molar-refractivity contribution in [2.24, 2.45) is 0 Å². The first-order chi connectivity index (χ1) is 9.62. The van der Waals surface area contributed by atoms with Crippen LogP contribution in [0.1, 0.15) is 38.5 Å². The number of nitrogens with zero attached hydrogens (tertiary/aromatic N) is 2. The minimum Gasteiger partial charge on any atom is -0.342 e. The Morgan fingerprint density at radius 2 is 1.95 bits per heavy atom. The van der Waals surface area contributed by atoms with Crippen molar-refractivity contribution >= 4 is 11.9 Å². The van der Waals surface area contributed by atoms with E-state index in [1.165, 1.54) is 12.8 Å². The van der Waals surface area contributed by atoms with Gasteiger partial charge in [-0.1, -0.05) is 12.8 Å². The summed E-state index contributed by atoms with van der Waals surface area (Å²) in [5, 5.41) is 6.02. The average molecular weight is 280 g/mol. The highest BCUT2D eigenvalue weighted by molar-refractivity contribution is 5.88. The van der Waals surface area contributed by atoms with Gasteiger partial charge >= 0.3 is 6.03 Å². The van der Waals surface area contributed by atoms with E-state index in [0.29, 0.717) is 25.8 Å². The van der Waals surface area contributed by atoms with Crippen LogP contribution in [0.5, 0.6) is 0 Å². The quantitative estimate of drug-likeness (QED) is 0.735. The molecule has 3 aliphatic rings. The van der Waals surface area contributed by atoms with Crippen molar-refractivity contribution in [1.29, 1.82) is 0 Å². The van der Waals surface area contributed by atoms with E-state index >= 15 is 0 Å². The molecular formula is C14H24N4O2. The Balaban J connectivity index is 1.55. The molecule has 1 spiro atoms. The predicted octanol–water partition coefficient (Wildman–Crippen LogP) is 0.492. The van der Waals surface area contributed by atoms with Crippen molar-refractivity contribution in [3.63, 3.8) is 0 Å². The molecule has 3 fully saturated rings. The van der Waals surface area contributed by atoms with Gasteiger partial charge in [-0.3, -0.25) is 9.69 Å². The van der Waals surface area contributed by atoms with Gasteiger partial charge in [0.25, 0.3) is 0 Å². The molecule has 3 rings (SSSR count). The van der Waals surface area contributed by atoms with E-state index in [4.69, 9.17) is 0 Å². The lowest BCUT2D eigenvalue weighted by molar-refractivity contribution is -0.128. The van der Waals surface area contributed by atoms with Crippen molar-refractivity contribution in [2.75, 3.05) is 26.8 Å². The SMILES string of the molecule is CN1CNC(=O)C12CCN(C(=O)NC1CCCC1)CC2. The van der Waals surface area contributed by atoms with Crippen molar-refractivity contribution in [3.8, 4) is 0 Å². The zero-order chi connectivity index (χ0) is 14.2. The number of likely N-dealkylation sites (tertiary alicyclic amines) is 1. The number of nitrogens with one attached hydrogen (secondary N) is 2. The minimum absolute atomic E-state index is 0.0489. The molecule has 1 aliphatic carbocycles. The second-order valence-corrected chi connectivity index (χ2v) is 6.31. The molecule has 1 saturated carbocycles. The van der Waals surface area contributed by atoms with Crippen LogP contribution in [0.3, 0.4) is 0 Å². The van der Waals surface area contributed by atoms with Crippen LogP contribution in [0.25, 0.3) is 0 Å². The second-order valence-electron chi connectivity index (χ2n) is 6.31. The molecule has 0 aromatic heterocycles. The third kappa shape index (κ3) is 2.26. The zero-order valence-corrected chi connectivity index (χ0v) is 12.2. The number of carbonyl (C=O) groups is 2. The van der Waals surface area contributed by atoms with Crippen LogP contribution in [0, 0.1) is 0 Å². The van der Waals surface area contributed by atoms with Gasteiger partial charge in [-0.2, -0.15) is 0 Å². The summed E-state index contributed by atoms with van der Waals surface area (Å²) in [7, 11) is 1.98. The van der Waals surface area contributed by atoms with E-state index in [1.807, 2.05) is 11.9 Å². The Bertz CT molecular complexity index is 398. The molecule has 0 aromatic rings. The summed E-state index contributed by atoms with van der Waals surface area (Å²) in [5.74, 6) is 0.121. The first kappa shape index (κ1) is 13.7. The highest BCUT2D eigenvalue weighted by Crippen LogP contribution is 2.31. The fourth-order valence-electron chi connectivity index (χ4n) is 3.70. The number of hydrogen-bond donors (Lipinski definition) is 2.